The van der Waals surface area contributed by atoms with Gasteiger partial charge in [-0.1, -0.05) is 45.0 Å². The third-order valence-electron chi connectivity index (χ3n) is 4.34. The number of rotatable bonds is 4. The van der Waals surface area contributed by atoms with Gasteiger partial charge in [0.1, 0.15) is 11.9 Å². The molecule has 0 saturated carbocycles. The maximum atomic E-state index is 12.4. The molecule has 3 aromatic rings. The van der Waals surface area contributed by atoms with Crippen molar-refractivity contribution in [3.05, 3.63) is 83.6 Å². The molecule has 2 aromatic carbocycles. The zero-order chi connectivity index (χ0) is 20.1. The minimum atomic E-state index is -0.205. The largest absolute Gasteiger partial charge is 0.353 e. The second-order valence-corrected chi connectivity index (χ2v) is 7.50. The van der Waals surface area contributed by atoms with Gasteiger partial charge in [-0.15, -0.1) is 0 Å². The number of benzene rings is 2. The van der Waals surface area contributed by atoms with Crippen molar-refractivity contribution in [3.8, 4) is 6.07 Å². The van der Waals surface area contributed by atoms with Crippen LogP contribution in [0.5, 0.6) is 0 Å². The molecule has 0 aliphatic heterocycles. The van der Waals surface area contributed by atoms with Crippen molar-refractivity contribution in [1.29, 1.82) is 5.26 Å². The van der Waals surface area contributed by atoms with E-state index in [1.54, 1.807) is 24.4 Å². The van der Waals surface area contributed by atoms with E-state index in [4.69, 9.17) is 5.26 Å². The van der Waals surface area contributed by atoms with Gasteiger partial charge in [0.05, 0.1) is 23.1 Å². The fourth-order valence-electron chi connectivity index (χ4n) is 2.70. The normalized spacial score (nSPS) is 10.8. The maximum absolute atomic E-state index is 12.4. The van der Waals surface area contributed by atoms with Crippen molar-refractivity contribution in [3.63, 3.8) is 0 Å². The van der Waals surface area contributed by atoms with Crippen LogP contribution in [-0.4, -0.2) is 10.9 Å². The summed E-state index contributed by atoms with van der Waals surface area (Å²) in [5, 5.41) is 15.1. The highest BCUT2D eigenvalue weighted by Crippen LogP contribution is 2.23. The van der Waals surface area contributed by atoms with Crippen LogP contribution in [0.4, 0.5) is 17.2 Å². The third-order valence-corrected chi connectivity index (χ3v) is 4.34. The van der Waals surface area contributed by atoms with Crippen molar-refractivity contribution in [1.82, 2.24) is 4.98 Å². The van der Waals surface area contributed by atoms with E-state index in [1.807, 2.05) is 42.5 Å². The number of hydrogen-bond acceptors (Lipinski definition) is 4. The predicted molar refractivity (Wildman–Crippen MR) is 112 cm³/mol. The number of nitrogens with zero attached hydrogens (tertiary/aromatic N) is 2. The van der Waals surface area contributed by atoms with E-state index < -0.39 is 0 Å². The molecule has 5 nitrogen and oxygen atoms in total. The second kappa shape index (κ2) is 7.93. The Morgan fingerprint density at radius 3 is 2.32 bits per heavy atom. The van der Waals surface area contributed by atoms with Gasteiger partial charge in [0.2, 0.25) is 0 Å². The molecule has 0 fully saturated rings. The van der Waals surface area contributed by atoms with Crippen LogP contribution in [0, 0.1) is 11.3 Å². The summed E-state index contributed by atoms with van der Waals surface area (Å²) < 4.78 is 0. The monoisotopic (exact) mass is 370 g/mol. The molecule has 28 heavy (non-hydrogen) atoms. The van der Waals surface area contributed by atoms with Crippen molar-refractivity contribution < 1.29 is 4.79 Å². The number of aromatic nitrogens is 1. The van der Waals surface area contributed by atoms with Crippen molar-refractivity contribution in [2.24, 2.45) is 0 Å². The van der Waals surface area contributed by atoms with Crippen molar-refractivity contribution >= 4 is 23.1 Å². The van der Waals surface area contributed by atoms with Gasteiger partial charge in [0.15, 0.2) is 0 Å². The molecule has 2 N–H and O–H groups in total. The lowest BCUT2D eigenvalue weighted by atomic mass is 9.87. The van der Waals surface area contributed by atoms with Crippen LogP contribution in [0.2, 0.25) is 0 Å². The average Bonchev–Trinajstić information content (AvgIpc) is 2.69. The molecule has 1 amide bonds. The maximum Gasteiger partial charge on any atom is 0.256 e. The Balaban J connectivity index is 1.67. The van der Waals surface area contributed by atoms with Crippen LogP contribution in [0.1, 0.15) is 42.3 Å². The van der Waals surface area contributed by atoms with Crippen LogP contribution < -0.4 is 10.6 Å². The van der Waals surface area contributed by atoms with E-state index in [2.05, 4.69) is 42.5 Å². The van der Waals surface area contributed by atoms with Gasteiger partial charge >= 0.3 is 0 Å². The first-order chi connectivity index (χ1) is 13.4. The fourth-order valence-corrected chi connectivity index (χ4v) is 2.70. The molecule has 0 spiro atoms. The molecule has 5 heteroatoms. The number of pyridine rings is 1. The molecule has 1 aromatic heterocycles. The van der Waals surface area contributed by atoms with Gasteiger partial charge < -0.3 is 10.6 Å². The van der Waals surface area contributed by atoms with Crippen LogP contribution in [-0.2, 0) is 5.41 Å². The Kier molecular flexibility index (Phi) is 5.42. The molecule has 0 unspecified atom stereocenters. The van der Waals surface area contributed by atoms with E-state index in [9.17, 15) is 4.79 Å². The van der Waals surface area contributed by atoms with Crippen molar-refractivity contribution in [2.45, 2.75) is 26.2 Å². The van der Waals surface area contributed by atoms with Gasteiger partial charge in [-0.3, -0.25) is 4.79 Å². The summed E-state index contributed by atoms with van der Waals surface area (Å²) in [6, 6.07) is 20.5. The topological polar surface area (TPSA) is 77.8 Å². The fraction of sp³-hybridized carbons (Fsp3) is 0.174. The van der Waals surface area contributed by atoms with Crippen LogP contribution in [0.15, 0.2) is 66.9 Å². The number of nitrogens with one attached hydrogen (secondary N) is 2. The first kappa shape index (κ1) is 19.1. The zero-order valence-electron chi connectivity index (χ0n) is 16.2. The molecule has 0 bridgehead atoms. The summed E-state index contributed by atoms with van der Waals surface area (Å²) in [6.07, 6.45) is 1.62. The van der Waals surface area contributed by atoms with Crippen LogP contribution in [0.3, 0.4) is 0 Å². The van der Waals surface area contributed by atoms with E-state index in [-0.39, 0.29) is 11.3 Å². The summed E-state index contributed by atoms with van der Waals surface area (Å²) in [5.74, 6) is 0.257. The lowest BCUT2D eigenvalue weighted by Gasteiger charge is -2.19. The van der Waals surface area contributed by atoms with Gasteiger partial charge in [-0.2, -0.15) is 5.26 Å². The highest BCUT2D eigenvalue weighted by atomic mass is 16.1. The number of amides is 1. The highest BCUT2D eigenvalue weighted by Gasteiger charge is 2.14. The summed E-state index contributed by atoms with van der Waals surface area (Å²) >= 11 is 0. The number of carbonyl (C=O) groups is 1. The number of nitriles is 1. The lowest BCUT2D eigenvalue weighted by molar-refractivity contribution is 0.102. The summed E-state index contributed by atoms with van der Waals surface area (Å²) in [7, 11) is 0. The first-order valence-electron chi connectivity index (χ1n) is 9.01. The summed E-state index contributed by atoms with van der Waals surface area (Å²) in [5.41, 5.74) is 3.80. The van der Waals surface area contributed by atoms with Gasteiger partial charge in [-0.25, -0.2) is 4.98 Å². The standard InChI is InChI=1S/C23H22N4O/c1-23(2,3)18-10-8-16(9-11-18)22(28)27-21-13-12-19(15-25-21)26-20-7-5-4-6-17(20)14-24/h4-13,15,26H,1-3H3,(H,25,27,28). The molecule has 0 aliphatic carbocycles. The van der Waals surface area contributed by atoms with E-state index >= 15 is 0 Å². The minimum absolute atomic E-state index is 0.0452. The Morgan fingerprint density at radius 1 is 1.00 bits per heavy atom. The Hall–Kier alpha value is -3.65. The van der Waals surface area contributed by atoms with Crippen LogP contribution in [0.25, 0.3) is 0 Å². The number of carbonyl (C=O) groups excluding carboxylic acids is 1. The summed E-state index contributed by atoms with van der Waals surface area (Å²) in [4.78, 5) is 16.7. The molecule has 0 atom stereocenters. The van der Waals surface area contributed by atoms with Gasteiger partial charge in [-0.05, 0) is 47.4 Å². The van der Waals surface area contributed by atoms with Crippen molar-refractivity contribution in [2.75, 3.05) is 10.6 Å². The minimum Gasteiger partial charge on any atom is -0.353 e. The number of anilines is 3. The lowest BCUT2D eigenvalue weighted by Crippen LogP contribution is -2.15. The third kappa shape index (κ3) is 4.54. The first-order valence-corrected chi connectivity index (χ1v) is 9.01. The van der Waals surface area contributed by atoms with E-state index in [1.165, 1.54) is 5.56 Å². The quantitative estimate of drug-likeness (QED) is 0.658. The molecule has 140 valence electrons. The number of hydrogen-bond donors (Lipinski definition) is 2. The summed E-state index contributed by atoms with van der Waals surface area (Å²) in [6.45, 7) is 6.41. The molecule has 3 rings (SSSR count). The molecule has 0 aliphatic rings. The highest BCUT2D eigenvalue weighted by molar-refractivity contribution is 6.03. The Bertz CT molecular complexity index is 1010. The second-order valence-electron chi connectivity index (χ2n) is 7.50. The van der Waals surface area contributed by atoms with Gasteiger partial charge in [0, 0.05) is 5.56 Å². The Morgan fingerprint density at radius 2 is 1.71 bits per heavy atom. The van der Waals surface area contributed by atoms with E-state index in [0.29, 0.717) is 22.6 Å². The van der Waals surface area contributed by atoms with Gasteiger partial charge in [0.25, 0.3) is 5.91 Å². The Labute approximate surface area is 165 Å². The molecular weight excluding hydrogens is 348 g/mol. The molecule has 1 heterocycles. The number of para-hydroxylation sites is 1. The SMILES string of the molecule is CC(C)(C)c1ccc(C(=O)Nc2ccc(Nc3ccccc3C#N)cn2)cc1. The zero-order valence-corrected chi connectivity index (χ0v) is 16.2. The predicted octanol–water partition coefficient (Wildman–Crippen LogP) is 5.25. The van der Waals surface area contributed by atoms with Crippen LogP contribution >= 0.6 is 0 Å². The average molecular weight is 370 g/mol. The molecular formula is C23H22N4O. The van der Waals surface area contributed by atoms with E-state index in [0.717, 1.165) is 5.69 Å². The molecule has 0 radical (unpaired) electrons. The molecule has 0 saturated heterocycles. The smallest absolute Gasteiger partial charge is 0.256 e.